The minimum absolute atomic E-state index is 0.0510. The lowest BCUT2D eigenvalue weighted by molar-refractivity contribution is 0.0906. The Labute approximate surface area is 114 Å². The number of hydrogen-bond acceptors (Lipinski definition) is 3. The standard InChI is InChI=1S/C14H24N4O/c1-3-7-18-8-5-12(6-9-18)15-14(19)13-10-11(4-2)16-17-13/h10,12H,3-9H2,1-2H3,(H,15,19)(H,16,17). The fourth-order valence-electron chi connectivity index (χ4n) is 2.54. The smallest absolute Gasteiger partial charge is 0.271 e. The van der Waals surface area contributed by atoms with Gasteiger partial charge in [-0.2, -0.15) is 5.10 Å². The summed E-state index contributed by atoms with van der Waals surface area (Å²) in [5, 5.41) is 10.0. The number of hydrogen-bond donors (Lipinski definition) is 2. The Bertz CT molecular complexity index is 407. The molecule has 5 nitrogen and oxygen atoms in total. The van der Waals surface area contributed by atoms with E-state index >= 15 is 0 Å². The van der Waals surface area contributed by atoms with Gasteiger partial charge >= 0.3 is 0 Å². The molecule has 0 aromatic carbocycles. The highest BCUT2D eigenvalue weighted by atomic mass is 16.2. The predicted molar refractivity (Wildman–Crippen MR) is 75.2 cm³/mol. The normalized spacial score (nSPS) is 17.6. The largest absolute Gasteiger partial charge is 0.348 e. The van der Waals surface area contributed by atoms with Crippen LogP contribution in [0.3, 0.4) is 0 Å². The highest BCUT2D eigenvalue weighted by Gasteiger charge is 2.21. The van der Waals surface area contributed by atoms with E-state index in [-0.39, 0.29) is 5.91 Å². The molecule has 0 saturated carbocycles. The number of aromatic nitrogens is 2. The molecule has 1 aromatic heterocycles. The highest BCUT2D eigenvalue weighted by molar-refractivity contribution is 5.92. The van der Waals surface area contributed by atoms with Crippen molar-refractivity contribution in [1.82, 2.24) is 20.4 Å². The number of nitrogens with zero attached hydrogens (tertiary/aromatic N) is 2. The minimum Gasteiger partial charge on any atom is -0.348 e. The van der Waals surface area contributed by atoms with Crippen molar-refractivity contribution in [3.8, 4) is 0 Å². The molecule has 5 heteroatoms. The first kappa shape index (κ1) is 14.1. The molecule has 0 radical (unpaired) electrons. The summed E-state index contributed by atoms with van der Waals surface area (Å²) in [5.41, 5.74) is 1.51. The Kier molecular flexibility index (Phi) is 4.96. The monoisotopic (exact) mass is 264 g/mol. The van der Waals surface area contributed by atoms with Gasteiger partial charge in [-0.1, -0.05) is 13.8 Å². The van der Waals surface area contributed by atoms with Crippen LogP contribution in [0.4, 0.5) is 0 Å². The average Bonchev–Trinajstić information content (AvgIpc) is 2.90. The Morgan fingerprint density at radius 2 is 2.21 bits per heavy atom. The van der Waals surface area contributed by atoms with Crippen molar-refractivity contribution in [3.63, 3.8) is 0 Å². The van der Waals surface area contributed by atoms with E-state index in [2.05, 4.69) is 27.3 Å². The third-order valence-corrected chi connectivity index (χ3v) is 3.71. The fraction of sp³-hybridized carbons (Fsp3) is 0.714. The van der Waals surface area contributed by atoms with E-state index < -0.39 is 0 Å². The van der Waals surface area contributed by atoms with Crippen LogP contribution in [-0.4, -0.2) is 46.7 Å². The van der Waals surface area contributed by atoms with E-state index in [1.165, 1.54) is 13.0 Å². The van der Waals surface area contributed by atoms with Crippen LogP contribution in [0.1, 0.15) is 49.3 Å². The number of aromatic amines is 1. The van der Waals surface area contributed by atoms with Gasteiger partial charge in [-0.15, -0.1) is 0 Å². The maximum absolute atomic E-state index is 12.0. The molecule has 106 valence electrons. The van der Waals surface area contributed by atoms with Gasteiger partial charge in [-0.25, -0.2) is 0 Å². The zero-order chi connectivity index (χ0) is 13.7. The van der Waals surface area contributed by atoms with Crippen molar-refractivity contribution >= 4 is 5.91 Å². The predicted octanol–water partition coefficient (Wildman–Crippen LogP) is 1.58. The summed E-state index contributed by atoms with van der Waals surface area (Å²) in [6.07, 6.45) is 4.15. The molecule has 1 aliphatic heterocycles. The summed E-state index contributed by atoms with van der Waals surface area (Å²) in [6, 6.07) is 2.13. The van der Waals surface area contributed by atoms with Crippen LogP contribution >= 0.6 is 0 Å². The van der Waals surface area contributed by atoms with E-state index in [0.29, 0.717) is 11.7 Å². The van der Waals surface area contributed by atoms with Gasteiger partial charge in [0.1, 0.15) is 5.69 Å². The lowest BCUT2D eigenvalue weighted by Crippen LogP contribution is -2.44. The van der Waals surface area contributed by atoms with E-state index in [4.69, 9.17) is 0 Å². The summed E-state index contributed by atoms with van der Waals surface area (Å²) in [4.78, 5) is 14.5. The minimum atomic E-state index is -0.0510. The van der Waals surface area contributed by atoms with Gasteiger partial charge in [0.15, 0.2) is 0 Å². The van der Waals surface area contributed by atoms with Gasteiger partial charge in [0, 0.05) is 24.8 Å². The topological polar surface area (TPSA) is 61.0 Å². The van der Waals surface area contributed by atoms with Crippen molar-refractivity contribution in [2.75, 3.05) is 19.6 Å². The zero-order valence-corrected chi connectivity index (χ0v) is 11.9. The molecule has 0 spiro atoms. The number of amides is 1. The number of rotatable bonds is 5. The van der Waals surface area contributed by atoms with Crippen molar-refractivity contribution < 1.29 is 4.79 Å². The van der Waals surface area contributed by atoms with Gasteiger partial charge in [0.05, 0.1) is 0 Å². The highest BCUT2D eigenvalue weighted by Crippen LogP contribution is 2.11. The average molecular weight is 264 g/mol. The molecule has 1 aromatic rings. The van der Waals surface area contributed by atoms with Crippen LogP contribution < -0.4 is 5.32 Å². The van der Waals surface area contributed by atoms with Crippen molar-refractivity contribution in [1.29, 1.82) is 0 Å². The number of aryl methyl sites for hydroxylation is 1. The first-order valence-electron chi connectivity index (χ1n) is 7.30. The zero-order valence-electron chi connectivity index (χ0n) is 11.9. The second-order valence-electron chi connectivity index (χ2n) is 5.22. The fourth-order valence-corrected chi connectivity index (χ4v) is 2.54. The van der Waals surface area contributed by atoms with Crippen LogP contribution in [0.2, 0.25) is 0 Å². The maximum atomic E-state index is 12.0. The second kappa shape index (κ2) is 6.70. The first-order chi connectivity index (χ1) is 9.22. The van der Waals surface area contributed by atoms with Crippen LogP contribution in [0.5, 0.6) is 0 Å². The number of carbonyl (C=O) groups is 1. The van der Waals surface area contributed by atoms with Crippen LogP contribution in [0.25, 0.3) is 0 Å². The van der Waals surface area contributed by atoms with Gasteiger partial charge in [0.2, 0.25) is 0 Å². The summed E-state index contributed by atoms with van der Waals surface area (Å²) in [7, 11) is 0. The van der Waals surface area contributed by atoms with Crippen molar-refractivity contribution in [3.05, 3.63) is 17.5 Å². The SMILES string of the molecule is CCCN1CCC(NC(=O)c2cc(CC)[nH]n2)CC1. The third-order valence-electron chi connectivity index (χ3n) is 3.71. The summed E-state index contributed by atoms with van der Waals surface area (Å²) < 4.78 is 0. The molecule has 2 heterocycles. The lowest BCUT2D eigenvalue weighted by Gasteiger charge is -2.31. The molecule has 0 bridgehead atoms. The number of likely N-dealkylation sites (tertiary alicyclic amines) is 1. The summed E-state index contributed by atoms with van der Waals surface area (Å²) in [5.74, 6) is -0.0510. The Hall–Kier alpha value is -1.36. The lowest BCUT2D eigenvalue weighted by atomic mass is 10.0. The number of piperidine rings is 1. The molecule has 2 rings (SSSR count). The van der Waals surface area contributed by atoms with Crippen LogP contribution in [0.15, 0.2) is 6.07 Å². The van der Waals surface area contributed by atoms with E-state index in [1.807, 2.05) is 13.0 Å². The molecule has 1 saturated heterocycles. The summed E-state index contributed by atoms with van der Waals surface area (Å²) >= 11 is 0. The van der Waals surface area contributed by atoms with Gasteiger partial charge < -0.3 is 10.2 Å². The molecule has 1 amide bonds. The number of nitrogens with one attached hydrogen (secondary N) is 2. The van der Waals surface area contributed by atoms with Gasteiger partial charge in [-0.05, 0) is 38.3 Å². The molecule has 19 heavy (non-hydrogen) atoms. The molecule has 1 fully saturated rings. The Balaban J connectivity index is 1.80. The molecule has 0 unspecified atom stereocenters. The Morgan fingerprint density at radius 1 is 1.47 bits per heavy atom. The van der Waals surface area contributed by atoms with Crippen LogP contribution in [0, 0.1) is 0 Å². The molecule has 1 aliphatic rings. The number of H-pyrrole nitrogens is 1. The van der Waals surface area contributed by atoms with Crippen molar-refractivity contribution in [2.24, 2.45) is 0 Å². The molecule has 0 atom stereocenters. The van der Waals surface area contributed by atoms with Gasteiger partial charge in [0.25, 0.3) is 5.91 Å². The molecule has 0 aliphatic carbocycles. The Morgan fingerprint density at radius 3 is 2.79 bits per heavy atom. The van der Waals surface area contributed by atoms with Gasteiger partial charge in [-0.3, -0.25) is 9.89 Å². The van der Waals surface area contributed by atoms with E-state index in [1.54, 1.807) is 0 Å². The maximum Gasteiger partial charge on any atom is 0.271 e. The molecular formula is C14H24N4O. The quantitative estimate of drug-likeness (QED) is 0.848. The van der Waals surface area contributed by atoms with E-state index in [0.717, 1.165) is 38.0 Å². The second-order valence-corrected chi connectivity index (χ2v) is 5.22. The first-order valence-corrected chi connectivity index (χ1v) is 7.30. The third kappa shape index (κ3) is 3.80. The van der Waals surface area contributed by atoms with Crippen LogP contribution in [-0.2, 0) is 6.42 Å². The van der Waals surface area contributed by atoms with Crippen molar-refractivity contribution in [2.45, 2.75) is 45.6 Å². The molecule has 2 N–H and O–H groups in total. The van der Waals surface area contributed by atoms with E-state index in [9.17, 15) is 4.79 Å². The summed E-state index contributed by atoms with van der Waals surface area (Å²) in [6.45, 7) is 7.58. The number of carbonyl (C=O) groups excluding carboxylic acids is 1. The molecular weight excluding hydrogens is 240 g/mol.